The highest BCUT2D eigenvalue weighted by molar-refractivity contribution is 6.29. The molecule has 2 aromatic heterocycles. The van der Waals surface area contributed by atoms with Crippen LogP contribution in [0.2, 0.25) is 5.15 Å². The van der Waals surface area contributed by atoms with Gasteiger partial charge in [-0.05, 0) is 32.9 Å². The molecule has 6 heteroatoms. The summed E-state index contributed by atoms with van der Waals surface area (Å²) in [5.41, 5.74) is 1.97. The zero-order valence-corrected chi connectivity index (χ0v) is 12.8. The molecule has 2 N–H and O–H groups in total. The van der Waals surface area contributed by atoms with Crippen LogP contribution in [-0.2, 0) is 7.05 Å². The Morgan fingerprint density at radius 2 is 2.15 bits per heavy atom. The van der Waals surface area contributed by atoms with Gasteiger partial charge < -0.3 is 10.4 Å². The van der Waals surface area contributed by atoms with E-state index in [0.717, 1.165) is 16.9 Å². The number of nitrogens with one attached hydrogen (secondary N) is 1. The Kier molecular flexibility index (Phi) is 4.01. The molecule has 0 bridgehead atoms. The Labute approximate surface area is 123 Å². The van der Waals surface area contributed by atoms with Gasteiger partial charge >= 0.3 is 0 Å². The quantitative estimate of drug-likeness (QED) is 0.851. The topological polar surface area (TPSA) is 63.0 Å². The first kappa shape index (κ1) is 14.8. The molecular weight excluding hydrogens is 276 g/mol. The van der Waals surface area contributed by atoms with E-state index in [1.165, 1.54) is 0 Å². The molecule has 5 nitrogen and oxygen atoms in total. The summed E-state index contributed by atoms with van der Waals surface area (Å²) >= 11 is 5.98. The molecular formula is C14H19ClN4O. The van der Waals surface area contributed by atoms with Crippen LogP contribution in [0.1, 0.15) is 20.8 Å². The molecule has 2 aromatic rings. The number of aliphatic hydroxyl groups is 1. The fraction of sp³-hybridized carbons (Fsp3) is 0.429. The van der Waals surface area contributed by atoms with Crippen LogP contribution in [0, 0.1) is 0 Å². The van der Waals surface area contributed by atoms with Crippen molar-refractivity contribution in [3.05, 3.63) is 29.7 Å². The minimum absolute atomic E-state index is 0.397. The van der Waals surface area contributed by atoms with E-state index in [1.54, 1.807) is 23.9 Å². The van der Waals surface area contributed by atoms with E-state index in [-0.39, 0.29) is 0 Å². The van der Waals surface area contributed by atoms with Gasteiger partial charge in [0.15, 0.2) is 0 Å². The van der Waals surface area contributed by atoms with Crippen molar-refractivity contribution < 1.29 is 5.11 Å². The van der Waals surface area contributed by atoms with Crippen LogP contribution >= 0.6 is 11.6 Å². The monoisotopic (exact) mass is 294 g/mol. The predicted molar refractivity (Wildman–Crippen MR) is 80.8 cm³/mol. The molecule has 0 fully saturated rings. The Balaban J connectivity index is 2.44. The average Bonchev–Trinajstić information content (AvgIpc) is 2.75. The summed E-state index contributed by atoms with van der Waals surface area (Å²) in [5.74, 6) is 0. The normalized spacial score (nSPS) is 13.3. The molecule has 0 aliphatic rings. The average molecular weight is 295 g/mol. The maximum Gasteiger partial charge on any atom is 0.131 e. The molecule has 0 aliphatic heterocycles. The lowest BCUT2D eigenvalue weighted by molar-refractivity contribution is 0.133. The highest BCUT2D eigenvalue weighted by atomic mass is 35.5. The number of hydrogen-bond acceptors (Lipinski definition) is 4. The van der Waals surface area contributed by atoms with Crippen molar-refractivity contribution in [1.29, 1.82) is 0 Å². The Morgan fingerprint density at radius 3 is 2.70 bits per heavy atom. The van der Waals surface area contributed by atoms with Gasteiger partial charge in [0.25, 0.3) is 0 Å². The standard InChI is InChI=1S/C14H19ClN4O/c1-9(20)14(2,3)17-12-7-13(15)16-8-10(12)11-5-6-19(4)18-11/h5-9,20H,1-4H3,(H,16,17). The zero-order valence-electron chi connectivity index (χ0n) is 12.1. The Bertz CT molecular complexity index is 607. The highest BCUT2D eigenvalue weighted by Gasteiger charge is 2.25. The lowest BCUT2D eigenvalue weighted by atomic mass is 9.97. The van der Waals surface area contributed by atoms with Gasteiger partial charge in [0, 0.05) is 30.7 Å². The number of nitrogens with zero attached hydrogens (tertiary/aromatic N) is 3. The first-order valence-corrected chi connectivity index (χ1v) is 6.79. The third-order valence-corrected chi connectivity index (χ3v) is 3.57. The van der Waals surface area contributed by atoms with E-state index in [9.17, 15) is 5.11 Å². The molecule has 0 radical (unpaired) electrons. The lowest BCUT2D eigenvalue weighted by Gasteiger charge is -2.31. The van der Waals surface area contributed by atoms with Crippen molar-refractivity contribution in [3.8, 4) is 11.3 Å². The number of aliphatic hydroxyl groups excluding tert-OH is 1. The molecule has 0 amide bonds. The summed E-state index contributed by atoms with van der Waals surface area (Å²) in [5, 5.41) is 17.9. The maximum absolute atomic E-state index is 9.85. The zero-order chi connectivity index (χ0) is 14.9. The number of rotatable bonds is 4. The van der Waals surface area contributed by atoms with Gasteiger partial charge in [-0.2, -0.15) is 5.10 Å². The van der Waals surface area contributed by atoms with Crippen LogP contribution in [-0.4, -0.2) is 31.5 Å². The Morgan fingerprint density at radius 1 is 1.45 bits per heavy atom. The van der Waals surface area contributed by atoms with E-state index in [4.69, 9.17) is 11.6 Å². The van der Waals surface area contributed by atoms with Crippen molar-refractivity contribution in [1.82, 2.24) is 14.8 Å². The lowest BCUT2D eigenvalue weighted by Crippen LogP contribution is -2.42. The molecule has 0 spiro atoms. The summed E-state index contributed by atoms with van der Waals surface area (Å²) in [7, 11) is 1.86. The third kappa shape index (κ3) is 3.11. The molecule has 1 unspecified atom stereocenters. The largest absolute Gasteiger partial charge is 0.391 e. The second-order valence-electron chi connectivity index (χ2n) is 5.45. The fourth-order valence-electron chi connectivity index (χ4n) is 1.75. The third-order valence-electron chi connectivity index (χ3n) is 3.36. The minimum Gasteiger partial charge on any atom is -0.391 e. The van der Waals surface area contributed by atoms with Crippen molar-refractivity contribution >= 4 is 17.3 Å². The summed E-state index contributed by atoms with van der Waals surface area (Å²) < 4.78 is 1.73. The first-order chi connectivity index (χ1) is 9.29. The minimum atomic E-state index is -0.522. The summed E-state index contributed by atoms with van der Waals surface area (Å²) in [6.45, 7) is 5.60. The Hall–Kier alpha value is -1.59. The van der Waals surface area contributed by atoms with E-state index < -0.39 is 11.6 Å². The van der Waals surface area contributed by atoms with Crippen molar-refractivity contribution in [3.63, 3.8) is 0 Å². The molecule has 0 aromatic carbocycles. The van der Waals surface area contributed by atoms with Crippen molar-refractivity contribution in [2.75, 3.05) is 5.32 Å². The number of pyridine rings is 1. The fourth-order valence-corrected chi connectivity index (χ4v) is 1.91. The SMILES string of the molecule is CC(O)C(C)(C)Nc1cc(Cl)ncc1-c1ccn(C)n1. The summed E-state index contributed by atoms with van der Waals surface area (Å²) in [6.07, 6.45) is 3.03. The van der Waals surface area contributed by atoms with Crippen LogP contribution in [0.3, 0.4) is 0 Å². The molecule has 108 valence electrons. The molecule has 0 aliphatic carbocycles. The van der Waals surface area contributed by atoms with E-state index in [0.29, 0.717) is 5.15 Å². The van der Waals surface area contributed by atoms with Crippen LogP contribution in [0.15, 0.2) is 24.5 Å². The summed E-state index contributed by atoms with van der Waals surface area (Å²) in [6, 6.07) is 3.65. The van der Waals surface area contributed by atoms with Gasteiger partial charge in [0.1, 0.15) is 5.15 Å². The van der Waals surface area contributed by atoms with Gasteiger partial charge in [-0.15, -0.1) is 0 Å². The van der Waals surface area contributed by atoms with Crippen LogP contribution < -0.4 is 5.32 Å². The van der Waals surface area contributed by atoms with Gasteiger partial charge in [0.05, 0.1) is 17.3 Å². The van der Waals surface area contributed by atoms with Crippen molar-refractivity contribution in [2.45, 2.75) is 32.4 Å². The predicted octanol–water partition coefficient (Wildman–Crippen LogP) is 2.71. The molecule has 2 heterocycles. The van der Waals surface area contributed by atoms with E-state index in [2.05, 4.69) is 15.4 Å². The second kappa shape index (κ2) is 5.42. The van der Waals surface area contributed by atoms with Gasteiger partial charge in [-0.3, -0.25) is 4.68 Å². The number of halogens is 1. The van der Waals surface area contributed by atoms with Gasteiger partial charge in [0.2, 0.25) is 0 Å². The van der Waals surface area contributed by atoms with Crippen molar-refractivity contribution in [2.24, 2.45) is 7.05 Å². The van der Waals surface area contributed by atoms with Gasteiger partial charge in [-0.25, -0.2) is 4.98 Å². The smallest absolute Gasteiger partial charge is 0.131 e. The van der Waals surface area contributed by atoms with Crippen LogP contribution in [0.5, 0.6) is 0 Å². The van der Waals surface area contributed by atoms with E-state index in [1.807, 2.05) is 33.2 Å². The van der Waals surface area contributed by atoms with Crippen LogP contribution in [0.25, 0.3) is 11.3 Å². The van der Waals surface area contributed by atoms with Crippen LogP contribution in [0.4, 0.5) is 5.69 Å². The highest BCUT2D eigenvalue weighted by Crippen LogP contribution is 2.30. The number of aryl methyl sites for hydroxylation is 1. The summed E-state index contributed by atoms with van der Waals surface area (Å²) in [4.78, 5) is 4.11. The van der Waals surface area contributed by atoms with E-state index >= 15 is 0 Å². The molecule has 1 atom stereocenters. The number of aromatic nitrogens is 3. The number of hydrogen-bond donors (Lipinski definition) is 2. The first-order valence-electron chi connectivity index (χ1n) is 6.41. The molecule has 0 saturated carbocycles. The molecule has 2 rings (SSSR count). The molecule has 0 saturated heterocycles. The maximum atomic E-state index is 9.85. The van der Waals surface area contributed by atoms with Gasteiger partial charge in [-0.1, -0.05) is 11.6 Å². The second-order valence-corrected chi connectivity index (χ2v) is 5.84. The molecule has 20 heavy (non-hydrogen) atoms. The number of anilines is 1.